The van der Waals surface area contributed by atoms with Crippen molar-refractivity contribution in [2.75, 3.05) is 0 Å². The van der Waals surface area contributed by atoms with Crippen molar-refractivity contribution in [2.24, 2.45) is 0 Å². The second-order valence-electron chi connectivity index (χ2n) is 8.28. The molecule has 1 nitrogen and oxygen atoms in total. The summed E-state index contributed by atoms with van der Waals surface area (Å²) in [5.41, 5.74) is 1.72. The number of halogens is 6. The maximum Gasteiger partial charge on any atom is 0.573 e. The topological polar surface area (TPSA) is 9.23 Å². The summed E-state index contributed by atoms with van der Waals surface area (Å²) in [5, 5.41) is 0. The molecule has 1 aliphatic rings. The molecule has 0 heterocycles. The molecule has 0 fully saturated rings. The van der Waals surface area contributed by atoms with Crippen LogP contribution < -0.4 is 4.74 Å². The summed E-state index contributed by atoms with van der Waals surface area (Å²) in [6.45, 7) is 2.09. The molecule has 0 saturated carbocycles. The average Bonchev–Trinajstić information content (AvgIpc) is 2.78. The molecule has 0 saturated heterocycles. The zero-order valence-electron chi connectivity index (χ0n) is 17.9. The smallest absolute Gasteiger partial charge is 0.406 e. The van der Waals surface area contributed by atoms with Gasteiger partial charge in [-0.2, -0.15) is 0 Å². The SMILES string of the molecule is CCCc1ccc(C2CCc3c(F)c(-c4ccc(OC(F)(F)F)cc4)c(F)c(F)c3C2)cc1. The van der Waals surface area contributed by atoms with Crippen LogP contribution in [0.4, 0.5) is 26.3 Å². The predicted octanol–water partition coefficient (Wildman–Crippen LogP) is 7.89. The first kappa shape index (κ1) is 23.2. The predicted molar refractivity (Wildman–Crippen MR) is 114 cm³/mol. The van der Waals surface area contributed by atoms with E-state index in [1.165, 1.54) is 5.56 Å². The van der Waals surface area contributed by atoms with E-state index in [0.29, 0.717) is 6.42 Å². The fourth-order valence-electron chi connectivity index (χ4n) is 4.50. The van der Waals surface area contributed by atoms with E-state index in [0.717, 1.165) is 42.7 Å². The molecule has 0 aromatic heterocycles. The van der Waals surface area contributed by atoms with Crippen LogP contribution in [0.5, 0.6) is 5.75 Å². The van der Waals surface area contributed by atoms with E-state index in [4.69, 9.17) is 0 Å². The standard InChI is InChI=1S/C26H22F6O/c1-2-3-15-4-6-16(7-5-15)18-10-13-20-21(14-18)24(28)25(29)22(23(20)27)17-8-11-19(12-9-17)33-26(30,31)32/h4-9,11-12,18H,2-3,10,13-14H2,1H3. The third kappa shape index (κ3) is 4.87. The van der Waals surface area contributed by atoms with Gasteiger partial charge in [0.2, 0.25) is 0 Å². The van der Waals surface area contributed by atoms with Crippen molar-refractivity contribution in [1.82, 2.24) is 0 Å². The van der Waals surface area contributed by atoms with E-state index in [2.05, 4.69) is 11.7 Å². The van der Waals surface area contributed by atoms with Gasteiger partial charge < -0.3 is 4.74 Å². The highest BCUT2D eigenvalue weighted by atomic mass is 19.4. The van der Waals surface area contributed by atoms with Gasteiger partial charge in [-0.3, -0.25) is 0 Å². The van der Waals surface area contributed by atoms with Gasteiger partial charge in [0.05, 0.1) is 5.56 Å². The van der Waals surface area contributed by atoms with Crippen LogP contribution in [0.2, 0.25) is 0 Å². The highest BCUT2D eigenvalue weighted by Crippen LogP contribution is 2.40. The minimum absolute atomic E-state index is 0.0275. The van der Waals surface area contributed by atoms with Crippen molar-refractivity contribution in [3.05, 3.63) is 88.2 Å². The van der Waals surface area contributed by atoms with Crippen LogP contribution in [0.25, 0.3) is 11.1 Å². The first-order chi connectivity index (χ1) is 15.7. The van der Waals surface area contributed by atoms with Gasteiger partial charge in [-0.15, -0.1) is 13.2 Å². The Hall–Kier alpha value is -2.96. The van der Waals surface area contributed by atoms with Crippen LogP contribution in [0, 0.1) is 17.5 Å². The van der Waals surface area contributed by atoms with Crippen LogP contribution in [0.15, 0.2) is 48.5 Å². The molecule has 3 aromatic rings. The van der Waals surface area contributed by atoms with Gasteiger partial charge in [-0.1, -0.05) is 49.7 Å². The zero-order chi connectivity index (χ0) is 23.8. The Morgan fingerprint density at radius 2 is 1.52 bits per heavy atom. The van der Waals surface area contributed by atoms with E-state index in [1.54, 1.807) is 0 Å². The average molecular weight is 464 g/mol. The summed E-state index contributed by atoms with van der Waals surface area (Å²) >= 11 is 0. The third-order valence-corrected chi connectivity index (χ3v) is 6.09. The Kier molecular flexibility index (Phi) is 6.41. The number of ether oxygens (including phenoxy) is 1. The molecular formula is C26H22F6O. The van der Waals surface area contributed by atoms with Gasteiger partial charge in [0, 0.05) is 0 Å². The van der Waals surface area contributed by atoms with Crippen LogP contribution in [-0.4, -0.2) is 6.36 Å². The molecule has 1 atom stereocenters. The number of rotatable bonds is 5. The lowest BCUT2D eigenvalue weighted by Crippen LogP contribution is -2.18. The molecule has 0 radical (unpaired) electrons. The molecule has 1 unspecified atom stereocenters. The summed E-state index contributed by atoms with van der Waals surface area (Å²) in [6.07, 6.45) is -1.89. The Labute approximate surface area is 188 Å². The second-order valence-corrected chi connectivity index (χ2v) is 8.28. The Bertz CT molecular complexity index is 1130. The normalized spacial score (nSPS) is 15.9. The highest BCUT2D eigenvalue weighted by molar-refractivity contribution is 5.68. The van der Waals surface area contributed by atoms with E-state index in [1.807, 2.05) is 24.3 Å². The number of aryl methyl sites for hydroxylation is 1. The summed E-state index contributed by atoms with van der Waals surface area (Å²) in [6, 6.07) is 12.1. The minimum Gasteiger partial charge on any atom is -0.406 e. The largest absolute Gasteiger partial charge is 0.573 e. The van der Waals surface area contributed by atoms with Gasteiger partial charge in [0.1, 0.15) is 11.6 Å². The fourth-order valence-corrected chi connectivity index (χ4v) is 4.50. The molecular weight excluding hydrogens is 442 g/mol. The lowest BCUT2D eigenvalue weighted by atomic mass is 9.78. The molecule has 0 aliphatic heterocycles. The molecule has 7 heteroatoms. The van der Waals surface area contributed by atoms with E-state index in [-0.39, 0.29) is 35.4 Å². The number of hydrogen-bond donors (Lipinski definition) is 0. The Balaban J connectivity index is 1.64. The molecule has 4 rings (SSSR count). The quantitative estimate of drug-likeness (QED) is 0.276. The van der Waals surface area contributed by atoms with Gasteiger partial charge >= 0.3 is 6.36 Å². The van der Waals surface area contributed by atoms with Crippen LogP contribution in [0.3, 0.4) is 0 Å². The second kappa shape index (κ2) is 9.12. The molecule has 3 aromatic carbocycles. The van der Waals surface area contributed by atoms with Crippen molar-refractivity contribution < 1.29 is 31.1 Å². The first-order valence-corrected chi connectivity index (χ1v) is 10.8. The lowest BCUT2D eigenvalue weighted by Gasteiger charge is -2.27. The monoisotopic (exact) mass is 464 g/mol. The van der Waals surface area contributed by atoms with E-state index in [9.17, 15) is 17.6 Å². The molecule has 0 N–H and O–H groups in total. The molecule has 33 heavy (non-hydrogen) atoms. The highest BCUT2D eigenvalue weighted by Gasteiger charge is 2.32. The van der Waals surface area contributed by atoms with Crippen molar-refractivity contribution in [3.8, 4) is 16.9 Å². The van der Waals surface area contributed by atoms with Crippen LogP contribution in [0.1, 0.15) is 47.9 Å². The first-order valence-electron chi connectivity index (χ1n) is 10.8. The van der Waals surface area contributed by atoms with E-state index < -0.39 is 35.1 Å². The van der Waals surface area contributed by atoms with Crippen LogP contribution in [-0.2, 0) is 19.3 Å². The lowest BCUT2D eigenvalue weighted by molar-refractivity contribution is -0.274. The molecule has 0 amide bonds. The molecule has 174 valence electrons. The minimum atomic E-state index is -4.89. The van der Waals surface area contributed by atoms with Gasteiger partial charge in [-0.25, -0.2) is 13.2 Å². The van der Waals surface area contributed by atoms with Gasteiger partial charge in [0.15, 0.2) is 11.6 Å². The summed E-state index contributed by atoms with van der Waals surface area (Å²) in [4.78, 5) is 0. The maximum atomic E-state index is 15.3. The molecule has 0 bridgehead atoms. The van der Waals surface area contributed by atoms with Gasteiger partial charge in [-0.05, 0) is 71.6 Å². The van der Waals surface area contributed by atoms with Gasteiger partial charge in [0.25, 0.3) is 0 Å². The van der Waals surface area contributed by atoms with Crippen molar-refractivity contribution in [3.63, 3.8) is 0 Å². The fraction of sp³-hybridized carbons (Fsp3) is 0.308. The summed E-state index contributed by atoms with van der Waals surface area (Å²) in [5.74, 6) is -3.89. The molecule has 0 spiro atoms. The maximum absolute atomic E-state index is 15.3. The number of fused-ring (bicyclic) bond motifs is 1. The number of benzene rings is 3. The van der Waals surface area contributed by atoms with Crippen molar-refractivity contribution in [1.29, 1.82) is 0 Å². The Morgan fingerprint density at radius 3 is 2.12 bits per heavy atom. The summed E-state index contributed by atoms with van der Waals surface area (Å²) < 4.78 is 86.1. The van der Waals surface area contributed by atoms with Crippen molar-refractivity contribution in [2.45, 2.75) is 51.3 Å². The number of hydrogen-bond acceptors (Lipinski definition) is 1. The van der Waals surface area contributed by atoms with Crippen LogP contribution >= 0.6 is 0 Å². The third-order valence-electron chi connectivity index (χ3n) is 6.09. The van der Waals surface area contributed by atoms with E-state index >= 15 is 8.78 Å². The number of alkyl halides is 3. The zero-order valence-corrected chi connectivity index (χ0v) is 17.9. The van der Waals surface area contributed by atoms with Crippen molar-refractivity contribution >= 4 is 0 Å². The summed E-state index contributed by atoms with van der Waals surface area (Å²) in [7, 11) is 0. The Morgan fingerprint density at radius 1 is 0.848 bits per heavy atom. The molecule has 1 aliphatic carbocycles.